The summed E-state index contributed by atoms with van der Waals surface area (Å²) in [6.45, 7) is 2.25. The van der Waals surface area contributed by atoms with Gasteiger partial charge in [-0.25, -0.2) is 4.39 Å². The lowest BCUT2D eigenvalue weighted by atomic mass is 10.2. The van der Waals surface area contributed by atoms with Crippen LogP contribution in [0.3, 0.4) is 0 Å². The standard InChI is InChI=1S/C21H18FN3O2S/c1-15-17(11-12-26-15)20-23-24-21(25(20)16-7-3-2-4-8-16)28-14-13-27-19-10-6-5-9-18(19)22/h2-12H,13-14H2,1H3. The first-order valence-electron chi connectivity index (χ1n) is 8.79. The lowest BCUT2D eigenvalue weighted by Gasteiger charge is -2.10. The first kappa shape index (κ1) is 18.3. The maximum Gasteiger partial charge on any atom is 0.196 e. The molecule has 0 aliphatic carbocycles. The van der Waals surface area contributed by atoms with Gasteiger partial charge in [0, 0.05) is 11.4 Å². The normalized spacial score (nSPS) is 10.9. The minimum Gasteiger partial charge on any atom is -0.490 e. The Morgan fingerprint density at radius 3 is 2.57 bits per heavy atom. The Morgan fingerprint density at radius 1 is 1.04 bits per heavy atom. The highest BCUT2D eigenvalue weighted by molar-refractivity contribution is 7.99. The van der Waals surface area contributed by atoms with E-state index in [0.29, 0.717) is 12.4 Å². The van der Waals surface area contributed by atoms with Crippen LogP contribution in [-0.4, -0.2) is 27.1 Å². The molecule has 0 bridgehead atoms. The van der Waals surface area contributed by atoms with Gasteiger partial charge in [0.25, 0.3) is 0 Å². The highest BCUT2D eigenvalue weighted by Gasteiger charge is 2.18. The molecule has 5 nitrogen and oxygen atoms in total. The van der Waals surface area contributed by atoms with Crippen molar-refractivity contribution in [3.05, 3.63) is 78.5 Å². The predicted octanol–water partition coefficient (Wildman–Crippen LogP) is 5.15. The number of nitrogens with zero attached hydrogens (tertiary/aromatic N) is 3. The van der Waals surface area contributed by atoms with Crippen molar-refractivity contribution in [3.8, 4) is 22.8 Å². The van der Waals surface area contributed by atoms with Crippen molar-refractivity contribution >= 4 is 11.8 Å². The molecular formula is C21H18FN3O2S. The number of aryl methyl sites for hydroxylation is 1. The number of ether oxygens (including phenoxy) is 1. The van der Waals surface area contributed by atoms with Crippen molar-refractivity contribution in [2.45, 2.75) is 12.1 Å². The zero-order valence-electron chi connectivity index (χ0n) is 15.2. The lowest BCUT2D eigenvalue weighted by Crippen LogP contribution is -2.04. The molecule has 0 atom stereocenters. The maximum atomic E-state index is 13.7. The maximum absolute atomic E-state index is 13.7. The molecule has 0 N–H and O–H groups in total. The van der Waals surface area contributed by atoms with Crippen LogP contribution in [0.15, 0.2) is 76.5 Å². The van der Waals surface area contributed by atoms with Gasteiger partial charge in [-0.1, -0.05) is 42.1 Å². The van der Waals surface area contributed by atoms with Gasteiger partial charge in [0.05, 0.1) is 18.4 Å². The Labute approximate surface area is 166 Å². The molecule has 7 heteroatoms. The summed E-state index contributed by atoms with van der Waals surface area (Å²) in [4.78, 5) is 0. The Kier molecular flexibility index (Phi) is 5.43. The molecule has 4 rings (SSSR count). The molecule has 2 aromatic carbocycles. The van der Waals surface area contributed by atoms with E-state index in [2.05, 4.69) is 10.2 Å². The average Bonchev–Trinajstić information content (AvgIpc) is 3.33. The van der Waals surface area contributed by atoms with E-state index in [1.165, 1.54) is 17.8 Å². The molecule has 0 spiro atoms. The molecule has 2 aromatic heterocycles. The van der Waals surface area contributed by atoms with Gasteiger partial charge in [-0.3, -0.25) is 4.57 Å². The second kappa shape index (κ2) is 8.31. The van der Waals surface area contributed by atoms with Crippen LogP contribution < -0.4 is 4.74 Å². The fraction of sp³-hybridized carbons (Fsp3) is 0.143. The fourth-order valence-corrected chi connectivity index (χ4v) is 3.58. The highest BCUT2D eigenvalue weighted by Crippen LogP contribution is 2.30. The van der Waals surface area contributed by atoms with Crippen LogP contribution in [0.25, 0.3) is 17.1 Å². The summed E-state index contributed by atoms with van der Waals surface area (Å²) in [6.07, 6.45) is 1.64. The molecule has 0 aliphatic heterocycles. The monoisotopic (exact) mass is 395 g/mol. The number of furan rings is 1. The Balaban J connectivity index is 1.55. The molecule has 2 heterocycles. The molecule has 0 aliphatic rings. The van der Waals surface area contributed by atoms with Crippen LogP contribution in [0.5, 0.6) is 5.75 Å². The smallest absolute Gasteiger partial charge is 0.196 e. The Bertz CT molecular complexity index is 1060. The second-order valence-corrected chi connectivity index (χ2v) is 7.06. The molecular weight excluding hydrogens is 377 g/mol. The van der Waals surface area contributed by atoms with Crippen LogP contribution in [0.4, 0.5) is 4.39 Å². The number of benzene rings is 2. The zero-order chi connectivity index (χ0) is 19.3. The zero-order valence-corrected chi connectivity index (χ0v) is 16.0. The van der Waals surface area contributed by atoms with Gasteiger partial charge >= 0.3 is 0 Å². The summed E-state index contributed by atoms with van der Waals surface area (Å²) in [7, 11) is 0. The molecule has 4 aromatic rings. The van der Waals surface area contributed by atoms with Crippen molar-refractivity contribution in [3.63, 3.8) is 0 Å². The number of rotatable bonds is 7. The van der Waals surface area contributed by atoms with Gasteiger partial charge in [-0.2, -0.15) is 0 Å². The van der Waals surface area contributed by atoms with E-state index in [1.54, 1.807) is 24.5 Å². The van der Waals surface area contributed by atoms with Gasteiger partial charge in [-0.15, -0.1) is 10.2 Å². The second-order valence-electron chi connectivity index (χ2n) is 5.99. The van der Waals surface area contributed by atoms with Gasteiger partial charge in [0.1, 0.15) is 5.76 Å². The highest BCUT2D eigenvalue weighted by atomic mass is 32.2. The van der Waals surface area contributed by atoms with E-state index >= 15 is 0 Å². The van der Waals surface area contributed by atoms with Crippen LogP contribution in [0.1, 0.15) is 5.76 Å². The van der Waals surface area contributed by atoms with Crippen molar-refractivity contribution in [1.29, 1.82) is 0 Å². The molecule has 0 radical (unpaired) electrons. The van der Waals surface area contributed by atoms with E-state index in [-0.39, 0.29) is 11.6 Å². The van der Waals surface area contributed by atoms with E-state index < -0.39 is 0 Å². The van der Waals surface area contributed by atoms with Gasteiger partial charge in [0.2, 0.25) is 0 Å². The van der Waals surface area contributed by atoms with Crippen molar-refractivity contribution in [2.75, 3.05) is 12.4 Å². The molecule has 142 valence electrons. The molecule has 0 fully saturated rings. The molecule has 0 saturated heterocycles. The lowest BCUT2D eigenvalue weighted by molar-refractivity contribution is 0.325. The predicted molar refractivity (Wildman–Crippen MR) is 106 cm³/mol. The topological polar surface area (TPSA) is 53.1 Å². The number of aromatic nitrogens is 3. The molecule has 0 unspecified atom stereocenters. The molecule has 0 saturated carbocycles. The average molecular weight is 395 g/mol. The summed E-state index contributed by atoms with van der Waals surface area (Å²) < 4.78 is 26.6. The van der Waals surface area contributed by atoms with Crippen LogP contribution >= 0.6 is 11.8 Å². The molecule has 0 amide bonds. The quantitative estimate of drug-likeness (QED) is 0.320. The van der Waals surface area contributed by atoms with Gasteiger partial charge < -0.3 is 9.15 Å². The number of halogens is 1. The van der Waals surface area contributed by atoms with Gasteiger partial charge in [0.15, 0.2) is 22.5 Å². The van der Waals surface area contributed by atoms with E-state index in [9.17, 15) is 4.39 Å². The summed E-state index contributed by atoms with van der Waals surface area (Å²) in [5.41, 5.74) is 1.85. The fourth-order valence-electron chi connectivity index (χ4n) is 2.81. The largest absolute Gasteiger partial charge is 0.490 e. The van der Waals surface area contributed by atoms with Crippen LogP contribution in [0, 0.1) is 12.7 Å². The summed E-state index contributed by atoms with van der Waals surface area (Å²) in [5.74, 6) is 1.99. The summed E-state index contributed by atoms with van der Waals surface area (Å²) in [6, 6.07) is 18.2. The third-order valence-corrected chi connectivity index (χ3v) is 5.05. The Hall–Kier alpha value is -3.06. The van der Waals surface area contributed by atoms with E-state index in [4.69, 9.17) is 9.15 Å². The summed E-state index contributed by atoms with van der Waals surface area (Å²) in [5, 5.41) is 9.47. The third kappa shape index (κ3) is 3.80. The number of thioether (sulfide) groups is 1. The Morgan fingerprint density at radius 2 is 1.82 bits per heavy atom. The summed E-state index contributed by atoms with van der Waals surface area (Å²) >= 11 is 1.50. The number of hydrogen-bond acceptors (Lipinski definition) is 5. The minimum absolute atomic E-state index is 0.252. The first-order valence-corrected chi connectivity index (χ1v) is 9.78. The van der Waals surface area contributed by atoms with Gasteiger partial charge in [-0.05, 0) is 37.3 Å². The van der Waals surface area contributed by atoms with Crippen molar-refractivity contribution in [2.24, 2.45) is 0 Å². The molecule has 28 heavy (non-hydrogen) atoms. The van der Waals surface area contributed by atoms with E-state index in [1.807, 2.05) is 47.9 Å². The van der Waals surface area contributed by atoms with E-state index in [0.717, 1.165) is 28.0 Å². The SMILES string of the molecule is Cc1occc1-c1nnc(SCCOc2ccccc2F)n1-c1ccccc1. The van der Waals surface area contributed by atoms with Crippen LogP contribution in [-0.2, 0) is 0 Å². The number of hydrogen-bond donors (Lipinski definition) is 0. The van der Waals surface area contributed by atoms with Crippen LogP contribution in [0.2, 0.25) is 0 Å². The third-order valence-electron chi connectivity index (χ3n) is 4.16. The minimum atomic E-state index is -0.363. The van der Waals surface area contributed by atoms with Crippen molar-refractivity contribution in [1.82, 2.24) is 14.8 Å². The first-order chi connectivity index (χ1) is 13.7. The van der Waals surface area contributed by atoms with Crippen molar-refractivity contribution < 1.29 is 13.5 Å². The number of para-hydroxylation sites is 2.